The number of likely N-dealkylation sites (N-methyl/N-ethyl adjacent to an activating group) is 1. The lowest BCUT2D eigenvalue weighted by molar-refractivity contribution is -0.144. The van der Waals surface area contributed by atoms with Gasteiger partial charge in [0.25, 0.3) is 0 Å². The molecule has 0 radical (unpaired) electrons. The van der Waals surface area contributed by atoms with Crippen molar-refractivity contribution in [2.45, 2.75) is 20.0 Å². The molecule has 17 heavy (non-hydrogen) atoms. The first-order valence-electron chi connectivity index (χ1n) is 5.77. The molecule has 0 atom stereocenters. The van der Waals surface area contributed by atoms with Crippen molar-refractivity contribution in [3.63, 3.8) is 0 Å². The molecule has 4 heteroatoms. The molecular formula is C13H20N2O2. The molecule has 0 heterocycles. The van der Waals surface area contributed by atoms with E-state index in [1.54, 1.807) is 0 Å². The quantitative estimate of drug-likeness (QED) is 0.753. The van der Waals surface area contributed by atoms with E-state index in [-0.39, 0.29) is 5.97 Å². The van der Waals surface area contributed by atoms with Crippen LogP contribution in [0.3, 0.4) is 0 Å². The number of hydrogen-bond donors (Lipinski definition) is 1. The first-order chi connectivity index (χ1) is 8.15. The summed E-state index contributed by atoms with van der Waals surface area (Å²) in [5.41, 5.74) is 7.80. The Morgan fingerprint density at radius 2 is 1.88 bits per heavy atom. The first-order valence-corrected chi connectivity index (χ1v) is 5.77. The second-order valence-electron chi connectivity index (χ2n) is 4.00. The summed E-state index contributed by atoms with van der Waals surface area (Å²) >= 11 is 0. The maximum atomic E-state index is 11.3. The van der Waals surface area contributed by atoms with Gasteiger partial charge in [-0.3, -0.25) is 9.69 Å². The first kappa shape index (κ1) is 13.7. The molecule has 1 aromatic carbocycles. The van der Waals surface area contributed by atoms with Gasteiger partial charge in [0.1, 0.15) is 0 Å². The Hall–Kier alpha value is -1.39. The maximum absolute atomic E-state index is 11.3. The normalized spacial score (nSPS) is 10.6. The number of nitrogens with zero attached hydrogens (tertiary/aromatic N) is 1. The van der Waals surface area contributed by atoms with Crippen LogP contribution in [-0.4, -0.2) is 31.1 Å². The number of carbonyl (C=O) groups excluding carboxylic acids is 1. The minimum Gasteiger partial charge on any atom is -0.465 e. The van der Waals surface area contributed by atoms with Gasteiger partial charge in [0.2, 0.25) is 0 Å². The molecule has 0 saturated carbocycles. The third-order valence-electron chi connectivity index (χ3n) is 2.42. The van der Waals surface area contributed by atoms with Crippen LogP contribution < -0.4 is 5.73 Å². The minimum atomic E-state index is -0.187. The molecular weight excluding hydrogens is 216 g/mol. The van der Waals surface area contributed by atoms with E-state index in [9.17, 15) is 4.79 Å². The van der Waals surface area contributed by atoms with Gasteiger partial charge < -0.3 is 10.5 Å². The largest absolute Gasteiger partial charge is 0.465 e. The van der Waals surface area contributed by atoms with E-state index in [4.69, 9.17) is 10.5 Å². The third-order valence-corrected chi connectivity index (χ3v) is 2.42. The maximum Gasteiger partial charge on any atom is 0.320 e. The van der Waals surface area contributed by atoms with Crippen molar-refractivity contribution in [1.29, 1.82) is 0 Å². The molecule has 0 spiro atoms. The van der Waals surface area contributed by atoms with Crippen molar-refractivity contribution in [3.8, 4) is 0 Å². The van der Waals surface area contributed by atoms with E-state index in [0.717, 1.165) is 17.7 Å². The van der Waals surface area contributed by atoms with E-state index >= 15 is 0 Å². The standard InChI is InChI=1S/C13H20N2O2/c1-3-17-13(16)10-15(2)9-12-6-4-11(8-14)5-7-12/h4-7H,3,8-10,14H2,1-2H3. The average molecular weight is 236 g/mol. The summed E-state index contributed by atoms with van der Waals surface area (Å²) < 4.78 is 4.89. The van der Waals surface area contributed by atoms with Gasteiger partial charge in [-0.2, -0.15) is 0 Å². The molecule has 1 rings (SSSR count). The van der Waals surface area contributed by atoms with Crippen molar-refractivity contribution in [1.82, 2.24) is 4.90 Å². The van der Waals surface area contributed by atoms with Gasteiger partial charge in [-0.05, 0) is 25.1 Å². The second-order valence-corrected chi connectivity index (χ2v) is 4.00. The Bertz CT molecular complexity index is 349. The highest BCUT2D eigenvalue weighted by Crippen LogP contribution is 2.06. The lowest BCUT2D eigenvalue weighted by Crippen LogP contribution is -2.27. The van der Waals surface area contributed by atoms with E-state index < -0.39 is 0 Å². The molecule has 2 N–H and O–H groups in total. The number of benzene rings is 1. The van der Waals surface area contributed by atoms with E-state index in [1.165, 1.54) is 0 Å². The van der Waals surface area contributed by atoms with Crippen LogP contribution in [0.25, 0.3) is 0 Å². The Labute approximate surface area is 102 Å². The summed E-state index contributed by atoms with van der Waals surface area (Å²) in [6.07, 6.45) is 0. The molecule has 0 aliphatic carbocycles. The van der Waals surface area contributed by atoms with Crippen LogP contribution in [0.2, 0.25) is 0 Å². The fraction of sp³-hybridized carbons (Fsp3) is 0.462. The van der Waals surface area contributed by atoms with Crippen molar-refractivity contribution in [2.75, 3.05) is 20.2 Å². The van der Waals surface area contributed by atoms with Gasteiger partial charge in [0.05, 0.1) is 13.2 Å². The summed E-state index contributed by atoms with van der Waals surface area (Å²) in [6.45, 7) is 3.83. The van der Waals surface area contributed by atoms with Crippen molar-refractivity contribution < 1.29 is 9.53 Å². The Kier molecular flexibility index (Phi) is 5.66. The molecule has 0 bridgehead atoms. The van der Waals surface area contributed by atoms with Gasteiger partial charge in [0, 0.05) is 13.1 Å². The average Bonchev–Trinajstić information content (AvgIpc) is 2.30. The van der Waals surface area contributed by atoms with E-state index in [1.807, 2.05) is 43.1 Å². The predicted octanol–water partition coefficient (Wildman–Crippen LogP) is 1.14. The second kappa shape index (κ2) is 7.04. The molecule has 94 valence electrons. The number of carbonyl (C=O) groups is 1. The van der Waals surface area contributed by atoms with Crippen LogP contribution in [0.1, 0.15) is 18.1 Å². The van der Waals surface area contributed by atoms with Gasteiger partial charge >= 0.3 is 5.97 Å². The smallest absolute Gasteiger partial charge is 0.320 e. The van der Waals surface area contributed by atoms with Crippen LogP contribution in [0.4, 0.5) is 0 Å². The molecule has 0 saturated heterocycles. The highest BCUT2D eigenvalue weighted by atomic mass is 16.5. The van der Waals surface area contributed by atoms with Gasteiger partial charge in [-0.15, -0.1) is 0 Å². The summed E-state index contributed by atoms with van der Waals surface area (Å²) in [4.78, 5) is 13.2. The van der Waals surface area contributed by atoms with Gasteiger partial charge in [0.15, 0.2) is 0 Å². The van der Waals surface area contributed by atoms with Gasteiger partial charge in [-0.25, -0.2) is 0 Å². The highest BCUT2D eigenvalue weighted by Gasteiger charge is 2.07. The Morgan fingerprint density at radius 3 is 2.41 bits per heavy atom. The summed E-state index contributed by atoms with van der Waals surface area (Å²) in [5.74, 6) is -0.187. The van der Waals surface area contributed by atoms with Crippen molar-refractivity contribution in [2.24, 2.45) is 5.73 Å². The molecule has 0 amide bonds. The van der Waals surface area contributed by atoms with Crippen LogP contribution in [0.5, 0.6) is 0 Å². The molecule has 0 fully saturated rings. The zero-order chi connectivity index (χ0) is 12.7. The molecule has 0 aliphatic rings. The number of rotatable bonds is 6. The molecule has 1 aromatic rings. The number of hydrogen-bond acceptors (Lipinski definition) is 4. The van der Waals surface area contributed by atoms with Crippen molar-refractivity contribution in [3.05, 3.63) is 35.4 Å². The minimum absolute atomic E-state index is 0.187. The van der Waals surface area contributed by atoms with Crippen LogP contribution >= 0.6 is 0 Å². The SMILES string of the molecule is CCOC(=O)CN(C)Cc1ccc(CN)cc1. The third kappa shape index (κ3) is 4.97. The van der Waals surface area contributed by atoms with Crippen LogP contribution in [0, 0.1) is 0 Å². The topological polar surface area (TPSA) is 55.6 Å². The van der Waals surface area contributed by atoms with Crippen LogP contribution in [-0.2, 0) is 22.6 Å². The Balaban J connectivity index is 2.44. The number of nitrogens with two attached hydrogens (primary N) is 1. The summed E-state index contributed by atoms with van der Waals surface area (Å²) in [6, 6.07) is 8.08. The highest BCUT2D eigenvalue weighted by molar-refractivity contribution is 5.71. The lowest BCUT2D eigenvalue weighted by Gasteiger charge is -2.15. The van der Waals surface area contributed by atoms with Crippen molar-refractivity contribution >= 4 is 5.97 Å². The van der Waals surface area contributed by atoms with Crippen LogP contribution in [0.15, 0.2) is 24.3 Å². The zero-order valence-electron chi connectivity index (χ0n) is 10.5. The molecule has 0 aromatic heterocycles. The fourth-order valence-electron chi connectivity index (χ4n) is 1.58. The summed E-state index contributed by atoms with van der Waals surface area (Å²) in [7, 11) is 1.90. The van der Waals surface area contributed by atoms with E-state index in [0.29, 0.717) is 19.7 Å². The fourth-order valence-corrected chi connectivity index (χ4v) is 1.58. The predicted molar refractivity (Wildman–Crippen MR) is 67.3 cm³/mol. The summed E-state index contributed by atoms with van der Waals surface area (Å²) in [5, 5.41) is 0. The molecule has 0 aliphatic heterocycles. The Morgan fingerprint density at radius 1 is 1.29 bits per heavy atom. The molecule has 0 unspecified atom stereocenters. The monoisotopic (exact) mass is 236 g/mol. The van der Waals surface area contributed by atoms with Gasteiger partial charge in [-0.1, -0.05) is 24.3 Å². The number of ether oxygens (including phenoxy) is 1. The van der Waals surface area contributed by atoms with E-state index in [2.05, 4.69) is 0 Å². The number of esters is 1. The zero-order valence-corrected chi connectivity index (χ0v) is 10.5. The molecule has 4 nitrogen and oxygen atoms in total. The lowest BCUT2D eigenvalue weighted by atomic mass is 10.1.